The molecule has 0 fully saturated rings. The normalized spacial score (nSPS) is 10.5. The van der Waals surface area contributed by atoms with Crippen LogP contribution >= 0.6 is 11.3 Å². The number of aromatic nitrogens is 2. The van der Waals surface area contributed by atoms with E-state index in [1.807, 2.05) is 6.92 Å². The van der Waals surface area contributed by atoms with Gasteiger partial charge in [0, 0.05) is 26.8 Å². The number of hydrogen-bond donors (Lipinski definition) is 2. The van der Waals surface area contributed by atoms with E-state index in [9.17, 15) is 4.79 Å². The number of carbonyl (C=O) groups is 1. The van der Waals surface area contributed by atoms with E-state index in [0.29, 0.717) is 36.5 Å². The SMILES string of the molecule is CCNc1nnc(C(=O)NCCCCOCCOC)s1. The van der Waals surface area contributed by atoms with Gasteiger partial charge in [-0.2, -0.15) is 0 Å². The second-order valence-electron chi connectivity index (χ2n) is 4.01. The largest absolute Gasteiger partial charge is 0.382 e. The van der Waals surface area contributed by atoms with Crippen molar-refractivity contribution in [3.63, 3.8) is 0 Å². The van der Waals surface area contributed by atoms with E-state index in [0.717, 1.165) is 19.4 Å². The van der Waals surface area contributed by atoms with Crippen LogP contribution in [-0.2, 0) is 9.47 Å². The first-order chi connectivity index (χ1) is 9.77. The first-order valence-electron chi connectivity index (χ1n) is 6.70. The first-order valence-corrected chi connectivity index (χ1v) is 7.51. The van der Waals surface area contributed by atoms with Crippen LogP contribution in [-0.4, -0.2) is 56.1 Å². The van der Waals surface area contributed by atoms with Crippen LogP contribution in [0.5, 0.6) is 0 Å². The summed E-state index contributed by atoms with van der Waals surface area (Å²) < 4.78 is 10.2. The lowest BCUT2D eigenvalue weighted by atomic mass is 10.3. The second kappa shape index (κ2) is 10.5. The Morgan fingerprint density at radius 2 is 2.10 bits per heavy atom. The number of unbranched alkanes of at least 4 members (excludes halogenated alkanes) is 1. The van der Waals surface area contributed by atoms with E-state index >= 15 is 0 Å². The summed E-state index contributed by atoms with van der Waals surface area (Å²) in [4.78, 5) is 11.8. The molecule has 1 aromatic rings. The van der Waals surface area contributed by atoms with E-state index in [4.69, 9.17) is 9.47 Å². The van der Waals surface area contributed by atoms with Gasteiger partial charge in [0.1, 0.15) is 0 Å². The molecule has 0 aliphatic heterocycles. The number of ether oxygens (including phenoxy) is 2. The van der Waals surface area contributed by atoms with Crippen molar-refractivity contribution in [2.24, 2.45) is 0 Å². The van der Waals surface area contributed by atoms with Crippen LogP contribution < -0.4 is 10.6 Å². The monoisotopic (exact) mass is 302 g/mol. The van der Waals surface area contributed by atoms with Crippen molar-refractivity contribution in [3.05, 3.63) is 5.01 Å². The quantitative estimate of drug-likeness (QED) is 0.596. The molecule has 0 saturated heterocycles. The lowest BCUT2D eigenvalue weighted by Crippen LogP contribution is -2.24. The van der Waals surface area contributed by atoms with Crippen LogP contribution in [0, 0.1) is 0 Å². The van der Waals surface area contributed by atoms with E-state index in [2.05, 4.69) is 20.8 Å². The molecule has 0 saturated carbocycles. The third kappa shape index (κ3) is 6.78. The van der Waals surface area contributed by atoms with Crippen molar-refractivity contribution in [2.75, 3.05) is 45.3 Å². The third-order valence-electron chi connectivity index (χ3n) is 2.38. The van der Waals surface area contributed by atoms with Gasteiger partial charge in [0.05, 0.1) is 13.2 Å². The molecule has 0 unspecified atom stereocenters. The number of rotatable bonds is 11. The average molecular weight is 302 g/mol. The minimum absolute atomic E-state index is 0.174. The topological polar surface area (TPSA) is 85.4 Å². The molecular formula is C12H22N4O3S. The van der Waals surface area contributed by atoms with Crippen molar-refractivity contribution in [1.82, 2.24) is 15.5 Å². The van der Waals surface area contributed by atoms with Gasteiger partial charge in [0.25, 0.3) is 5.91 Å². The Bertz CT molecular complexity index is 387. The summed E-state index contributed by atoms with van der Waals surface area (Å²) in [7, 11) is 1.65. The maximum Gasteiger partial charge on any atom is 0.282 e. The van der Waals surface area contributed by atoms with E-state index in [-0.39, 0.29) is 5.91 Å². The number of amides is 1. The molecule has 8 heteroatoms. The minimum atomic E-state index is -0.174. The van der Waals surface area contributed by atoms with Crippen molar-refractivity contribution >= 4 is 22.4 Å². The molecule has 1 amide bonds. The Balaban J connectivity index is 2.07. The maximum absolute atomic E-state index is 11.8. The minimum Gasteiger partial charge on any atom is -0.382 e. The first kappa shape index (κ1) is 16.8. The van der Waals surface area contributed by atoms with Crippen LogP contribution in [0.4, 0.5) is 5.13 Å². The Hall–Kier alpha value is -1.25. The Morgan fingerprint density at radius 1 is 1.25 bits per heavy atom. The van der Waals surface area contributed by atoms with Gasteiger partial charge in [-0.1, -0.05) is 11.3 Å². The van der Waals surface area contributed by atoms with Crippen molar-refractivity contribution in [2.45, 2.75) is 19.8 Å². The number of nitrogens with one attached hydrogen (secondary N) is 2. The van der Waals surface area contributed by atoms with Gasteiger partial charge in [0.2, 0.25) is 10.1 Å². The van der Waals surface area contributed by atoms with Gasteiger partial charge in [-0.15, -0.1) is 10.2 Å². The fourth-order valence-corrected chi connectivity index (χ4v) is 2.12. The molecule has 0 atom stereocenters. The van der Waals surface area contributed by atoms with Crippen LogP contribution in [0.25, 0.3) is 0 Å². The number of hydrogen-bond acceptors (Lipinski definition) is 7. The highest BCUT2D eigenvalue weighted by Crippen LogP contribution is 2.14. The predicted octanol–water partition coefficient (Wildman–Crippen LogP) is 1.14. The van der Waals surface area contributed by atoms with Crippen LogP contribution in [0.2, 0.25) is 0 Å². The standard InChI is InChI=1S/C12H22N4O3S/c1-3-13-12-16-15-11(20-12)10(17)14-6-4-5-7-19-9-8-18-2/h3-9H2,1-2H3,(H,13,16)(H,14,17). The molecule has 0 bridgehead atoms. The summed E-state index contributed by atoms with van der Waals surface area (Å²) in [5.74, 6) is -0.174. The highest BCUT2D eigenvalue weighted by molar-refractivity contribution is 7.17. The number of carbonyl (C=O) groups excluding carboxylic acids is 1. The zero-order valence-corrected chi connectivity index (χ0v) is 12.8. The summed E-state index contributed by atoms with van der Waals surface area (Å²) in [6, 6.07) is 0. The Labute approximate surface area is 123 Å². The van der Waals surface area contributed by atoms with Crippen LogP contribution in [0.3, 0.4) is 0 Å². The summed E-state index contributed by atoms with van der Waals surface area (Å²) in [5, 5.41) is 14.6. The molecule has 2 N–H and O–H groups in total. The summed E-state index contributed by atoms with van der Waals surface area (Å²) in [5.41, 5.74) is 0. The lowest BCUT2D eigenvalue weighted by molar-refractivity contribution is 0.0686. The summed E-state index contributed by atoms with van der Waals surface area (Å²) >= 11 is 1.26. The molecule has 0 aliphatic carbocycles. The maximum atomic E-state index is 11.8. The molecule has 0 aliphatic rings. The number of methoxy groups -OCH3 is 1. The zero-order valence-electron chi connectivity index (χ0n) is 12.0. The highest BCUT2D eigenvalue weighted by Gasteiger charge is 2.11. The molecule has 0 spiro atoms. The molecule has 7 nitrogen and oxygen atoms in total. The third-order valence-corrected chi connectivity index (χ3v) is 3.26. The average Bonchev–Trinajstić information content (AvgIpc) is 2.91. The molecule has 114 valence electrons. The molecule has 1 rings (SSSR count). The van der Waals surface area contributed by atoms with Gasteiger partial charge in [0.15, 0.2) is 0 Å². The number of nitrogens with zero attached hydrogens (tertiary/aromatic N) is 2. The van der Waals surface area contributed by atoms with Gasteiger partial charge in [-0.3, -0.25) is 4.79 Å². The van der Waals surface area contributed by atoms with Crippen molar-refractivity contribution in [1.29, 1.82) is 0 Å². The fourth-order valence-electron chi connectivity index (χ4n) is 1.39. The van der Waals surface area contributed by atoms with Crippen LogP contribution in [0.15, 0.2) is 0 Å². The van der Waals surface area contributed by atoms with E-state index in [1.54, 1.807) is 7.11 Å². The van der Waals surface area contributed by atoms with Gasteiger partial charge >= 0.3 is 0 Å². The predicted molar refractivity (Wildman–Crippen MR) is 78.3 cm³/mol. The zero-order chi connectivity index (χ0) is 14.6. The molecule has 0 radical (unpaired) electrons. The second-order valence-corrected chi connectivity index (χ2v) is 4.99. The fraction of sp³-hybridized carbons (Fsp3) is 0.750. The molecule has 20 heavy (non-hydrogen) atoms. The Kier molecular flexibility index (Phi) is 8.84. The molecule has 0 aromatic carbocycles. The lowest BCUT2D eigenvalue weighted by Gasteiger charge is -2.04. The van der Waals surface area contributed by atoms with Crippen molar-refractivity contribution in [3.8, 4) is 0 Å². The Morgan fingerprint density at radius 3 is 2.85 bits per heavy atom. The number of anilines is 1. The highest BCUT2D eigenvalue weighted by atomic mass is 32.1. The molecule has 1 aromatic heterocycles. The van der Waals surface area contributed by atoms with Crippen LogP contribution in [0.1, 0.15) is 29.6 Å². The van der Waals surface area contributed by atoms with Gasteiger partial charge in [-0.25, -0.2) is 0 Å². The molecule has 1 heterocycles. The van der Waals surface area contributed by atoms with Gasteiger partial charge in [-0.05, 0) is 19.8 Å². The molecular weight excluding hydrogens is 280 g/mol. The van der Waals surface area contributed by atoms with Crippen molar-refractivity contribution < 1.29 is 14.3 Å². The summed E-state index contributed by atoms with van der Waals surface area (Å²) in [6.45, 7) is 5.25. The van der Waals surface area contributed by atoms with Gasteiger partial charge < -0.3 is 20.1 Å². The van der Waals surface area contributed by atoms with E-state index < -0.39 is 0 Å². The smallest absolute Gasteiger partial charge is 0.282 e. The summed E-state index contributed by atoms with van der Waals surface area (Å²) in [6.07, 6.45) is 1.78. The van der Waals surface area contributed by atoms with E-state index in [1.165, 1.54) is 11.3 Å².